The summed E-state index contributed by atoms with van der Waals surface area (Å²) < 4.78 is 0. The third kappa shape index (κ3) is 5.45. The molecule has 1 aliphatic rings. The van der Waals surface area contributed by atoms with E-state index in [0.29, 0.717) is 11.8 Å². The zero-order chi connectivity index (χ0) is 20.3. The molecular formula is C26H34N2Ni. The molecule has 0 spiro atoms. The van der Waals surface area contributed by atoms with Crippen LogP contribution in [0.15, 0.2) is 46.4 Å². The van der Waals surface area contributed by atoms with Crippen LogP contribution in [0, 0.1) is 13.8 Å². The van der Waals surface area contributed by atoms with E-state index in [-0.39, 0.29) is 16.5 Å². The van der Waals surface area contributed by atoms with Crippen molar-refractivity contribution in [1.29, 1.82) is 0 Å². The molecule has 1 fully saturated rings. The minimum absolute atomic E-state index is 0. The van der Waals surface area contributed by atoms with Crippen LogP contribution < -0.4 is 0 Å². The van der Waals surface area contributed by atoms with Gasteiger partial charge >= 0.3 is 0 Å². The van der Waals surface area contributed by atoms with Crippen molar-refractivity contribution in [2.45, 2.75) is 79.1 Å². The Labute approximate surface area is 186 Å². The molecule has 3 heteroatoms. The van der Waals surface area contributed by atoms with E-state index < -0.39 is 0 Å². The molecule has 2 nitrogen and oxygen atoms in total. The zero-order valence-corrected chi connectivity index (χ0v) is 19.6. The van der Waals surface area contributed by atoms with Crippen molar-refractivity contribution in [2.75, 3.05) is 0 Å². The Bertz CT molecular complexity index is 860. The fourth-order valence-electron chi connectivity index (χ4n) is 4.01. The minimum atomic E-state index is 0. The van der Waals surface area contributed by atoms with Gasteiger partial charge in [-0.25, -0.2) is 0 Å². The second kappa shape index (κ2) is 10.3. The van der Waals surface area contributed by atoms with Crippen molar-refractivity contribution in [3.05, 3.63) is 58.7 Å². The number of benzene rings is 2. The first-order valence-corrected chi connectivity index (χ1v) is 10.7. The normalized spacial score (nSPS) is 17.2. The van der Waals surface area contributed by atoms with E-state index >= 15 is 0 Å². The van der Waals surface area contributed by atoms with Crippen LogP contribution in [-0.2, 0) is 16.5 Å². The van der Waals surface area contributed by atoms with Crippen molar-refractivity contribution >= 4 is 22.8 Å². The number of nitrogens with zero attached hydrogens (tertiary/aromatic N) is 2. The summed E-state index contributed by atoms with van der Waals surface area (Å²) in [5, 5.41) is 0. The maximum absolute atomic E-state index is 5.28. The number of hydrogen-bond donors (Lipinski definition) is 0. The molecule has 0 atom stereocenters. The molecule has 2 aromatic rings. The topological polar surface area (TPSA) is 24.7 Å². The molecule has 29 heavy (non-hydrogen) atoms. The van der Waals surface area contributed by atoms with Gasteiger partial charge in [-0.2, -0.15) is 0 Å². The summed E-state index contributed by atoms with van der Waals surface area (Å²) in [6, 6.07) is 13.1. The van der Waals surface area contributed by atoms with Gasteiger partial charge in [-0.15, -0.1) is 0 Å². The van der Waals surface area contributed by atoms with Gasteiger partial charge in [0.05, 0.1) is 22.8 Å². The number of hydrogen-bond acceptors (Lipinski definition) is 2. The van der Waals surface area contributed by atoms with E-state index in [1.54, 1.807) is 0 Å². The van der Waals surface area contributed by atoms with Crippen LogP contribution in [0.5, 0.6) is 0 Å². The second-order valence-corrected chi connectivity index (χ2v) is 8.66. The molecule has 0 N–H and O–H groups in total. The van der Waals surface area contributed by atoms with E-state index in [1.165, 1.54) is 52.2 Å². The Kier molecular flexibility index (Phi) is 8.40. The van der Waals surface area contributed by atoms with Crippen LogP contribution in [0.4, 0.5) is 11.4 Å². The van der Waals surface area contributed by atoms with Crippen LogP contribution in [0.2, 0.25) is 0 Å². The SMILES string of the molecule is Cc1cccc(C)c1N=C1CCCCC1=Nc1c(C(C)C)cccc1C(C)C.[Ni]. The molecule has 0 saturated heterocycles. The number of para-hydroxylation sites is 2. The third-order valence-corrected chi connectivity index (χ3v) is 5.69. The quantitative estimate of drug-likeness (QED) is 0.437. The molecule has 2 aromatic carbocycles. The third-order valence-electron chi connectivity index (χ3n) is 5.69. The molecule has 0 aliphatic heterocycles. The summed E-state index contributed by atoms with van der Waals surface area (Å²) >= 11 is 0. The molecule has 0 radical (unpaired) electrons. The first-order valence-electron chi connectivity index (χ1n) is 10.7. The van der Waals surface area contributed by atoms with Gasteiger partial charge < -0.3 is 0 Å². The summed E-state index contributed by atoms with van der Waals surface area (Å²) in [5.74, 6) is 0.918. The molecule has 0 unspecified atom stereocenters. The first-order chi connectivity index (χ1) is 13.4. The van der Waals surface area contributed by atoms with Gasteiger partial charge in [0.15, 0.2) is 0 Å². The van der Waals surface area contributed by atoms with Crippen molar-refractivity contribution in [3.8, 4) is 0 Å². The van der Waals surface area contributed by atoms with Crippen LogP contribution >= 0.6 is 0 Å². The van der Waals surface area contributed by atoms with Gasteiger partial charge in [0.25, 0.3) is 0 Å². The predicted molar refractivity (Wildman–Crippen MR) is 123 cm³/mol. The number of aliphatic imine (C=N–C) groups is 2. The average molecular weight is 433 g/mol. The van der Waals surface area contributed by atoms with Crippen molar-refractivity contribution < 1.29 is 16.5 Å². The predicted octanol–water partition coefficient (Wildman–Crippen LogP) is 7.97. The maximum Gasteiger partial charge on any atom is 0.0702 e. The maximum atomic E-state index is 5.28. The van der Waals surface area contributed by atoms with Crippen LogP contribution in [0.1, 0.15) is 87.5 Å². The van der Waals surface area contributed by atoms with Gasteiger partial charge in [-0.05, 0) is 73.6 Å². The molecule has 0 amide bonds. The number of aryl methyl sites for hydroxylation is 2. The molecule has 1 saturated carbocycles. The monoisotopic (exact) mass is 432 g/mol. The van der Waals surface area contributed by atoms with Gasteiger partial charge in [0.1, 0.15) is 0 Å². The minimum Gasteiger partial charge on any atom is -0.251 e. The summed E-state index contributed by atoms with van der Waals surface area (Å²) in [6.45, 7) is 13.3. The van der Waals surface area contributed by atoms with Crippen LogP contribution in [0.3, 0.4) is 0 Å². The van der Waals surface area contributed by atoms with Gasteiger partial charge in [0.2, 0.25) is 0 Å². The zero-order valence-electron chi connectivity index (χ0n) is 18.7. The summed E-state index contributed by atoms with van der Waals surface area (Å²) in [7, 11) is 0. The Hall–Kier alpha value is -1.73. The van der Waals surface area contributed by atoms with Crippen LogP contribution in [0.25, 0.3) is 0 Å². The Morgan fingerprint density at radius 1 is 0.655 bits per heavy atom. The molecule has 0 aromatic heterocycles. The smallest absolute Gasteiger partial charge is 0.0702 e. The van der Waals surface area contributed by atoms with Gasteiger partial charge in [-0.3, -0.25) is 9.98 Å². The molecule has 0 bridgehead atoms. The van der Waals surface area contributed by atoms with E-state index in [2.05, 4.69) is 77.9 Å². The molecule has 158 valence electrons. The second-order valence-electron chi connectivity index (χ2n) is 8.66. The molecule has 0 heterocycles. The van der Waals surface area contributed by atoms with Gasteiger partial charge in [0, 0.05) is 16.5 Å². The van der Waals surface area contributed by atoms with E-state index in [1.807, 2.05) is 0 Å². The Morgan fingerprint density at radius 2 is 1.07 bits per heavy atom. The first kappa shape index (κ1) is 23.6. The average Bonchev–Trinajstić information content (AvgIpc) is 2.66. The van der Waals surface area contributed by atoms with E-state index in [0.717, 1.165) is 18.5 Å². The molecule has 1 aliphatic carbocycles. The molecular weight excluding hydrogens is 399 g/mol. The van der Waals surface area contributed by atoms with Gasteiger partial charge in [-0.1, -0.05) is 64.1 Å². The standard InChI is InChI=1S/C26H34N2.Ni/c1-17(2)21-13-10-14-22(18(3)4)26(21)28-24-16-8-7-15-23(24)27-25-19(5)11-9-12-20(25)6;/h9-14,17-18H,7-8,15-16H2,1-6H3;. The van der Waals surface area contributed by atoms with Crippen molar-refractivity contribution in [3.63, 3.8) is 0 Å². The van der Waals surface area contributed by atoms with Crippen molar-refractivity contribution in [2.24, 2.45) is 9.98 Å². The Balaban J connectivity index is 0.00000300. The van der Waals surface area contributed by atoms with E-state index in [9.17, 15) is 0 Å². The molecule has 3 rings (SSSR count). The van der Waals surface area contributed by atoms with Crippen molar-refractivity contribution in [1.82, 2.24) is 0 Å². The van der Waals surface area contributed by atoms with Crippen LogP contribution in [-0.4, -0.2) is 11.4 Å². The fourth-order valence-corrected chi connectivity index (χ4v) is 4.01. The van der Waals surface area contributed by atoms with E-state index in [4.69, 9.17) is 9.98 Å². The fraction of sp³-hybridized carbons (Fsp3) is 0.462. The largest absolute Gasteiger partial charge is 0.251 e. The summed E-state index contributed by atoms with van der Waals surface area (Å²) in [5.41, 5.74) is 9.82. The number of rotatable bonds is 4. The summed E-state index contributed by atoms with van der Waals surface area (Å²) in [6.07, 6.45) is 4.44. The Morgan fingerprint density at radius 3 is 1.52 bits per heavy atom. The summed E-state index contributed by atoms with van der Waals surface area (Å²) in [4.78, 5) is 10.4.